The van der Waals surface area contributed by atoms with Gasteiger partial charge in [-0.05, 0) is 77.0 Å². The number of hydrogen-bond donors (Lipinski definition) is 3. The van der Waals surface area contributed by atoms with Crippen LogP contribution in [0.3, 0.4) is 0 Å². The van der Waals surface area contributed by atoms with Crippen LogP contribution >= 0.6 is 7.82 Å². The third-order valence-corrected chi connectivity index (χ3v) is 9.39. The van der Waals surface area contributed by atoms with E-state index in [1.165, 1.54) is 70.6 Å². The van der Waals surface area contributed by atoms with E-state index in [0.717, 1.165) is 64.2 Å². The summed E-state index contributed by atoms with van der Waals surface area (Å²) in [5, 5.41) is 18.3. The van der Waals surface area contributed by atoms with Crippen molar-refractivity contribution in [2.45, 2.75) is 174 Å². The number of phosphoric ester groups is 1. The van der Waals surface area contributed by atoms with Crippen molar-refractivity contribution in [1.29, 1.82) is 0 Å². The molecule has 0 aromatic heterocycles. The average Bonchev–Trinajstić information content (AvgIpc) is 3.15. The molecule has 0 fully saturated rings. The van der Waals surface area contributed by atoms with E-state index >= 15 is 0 Å². The van der Waals surface area contributed by atoms with Crippen molar-refractivity contribution in [1.82, 2.24) is 0 Å². The highest BCUT2D eigenvalue weighted by Gasteiger charge is 2.26. The van der Waals surface area contributed by atoms with E-state index in [1.807, 2.05) is 0 Å². The van der Waals surface area contributed by atoms with Gasteiger partial charge in [-0.15, -0.1) is 0 Å². The molecule has 0 saturated heterocycles. The number of carbonyl (C=O) groups is 1. The summed E-state index contributed by atoms with van der Waals surface area (Å²) >= 11 is 0. The third kappa shape index (κ3) is 39.7. The Morgan fingerprint density at radius 1 is 0.604 bits per heavy atom. The lowest BCUT2D eigenvalue weighted by atomic mass is 10.1. The number of rotatable bonds is 39. The normalized spacial score (nSPS) is 14.7. The number of allylic oxidation sites excluding steroid dienone is 10. The van der Waals surface area contributed by atoms with Crippen LogP contribution in [0.2, 0.25) is 0 Å². The Bertz CT molecular complexity index is 1010. The van der Waals surface area contributed by atoms with Crippen LogP contribution in [0.5, 0.6) is 0 Å². The highest BCUT2D eigenvalue weighted by atomic mass is 31.2. The lowest BCUT2D eigenvalue weighted by molar-refractivity contribution is -0.154. The summed E-state index contributed by atoms with van der Waals surface area (Å²) < 4.78 is 33.3. The van der Waals surface area contributed by atoms with Gasteiger partial charge in [0.05, 0.1) is 26.4 Å². The first kappa shape index (κ1) is 51.2. The first-order valence-corrected chi connectivity index (χ1v) is 22.3. The topological polar surface area (TPSA) is 132 Å². The highest BCUT2D eigenvalue weighted by Crippen LogP contribution is 2.43. The van der Waals surface area contributed by atoms with Gasteiger partial charge in [0.1, 0.15) is 12.2 Å². The van der Waals surface area contributed by atoms with E-state index in [-0.39, 0.29) is 13.0 Å². The van der Waals surface area contributed by atoms with Crippen LogP contribution in [0.25, 0.3) is 0 Å². The Labute approximate surface area is 323 Å². The zero-order valence-electron chi connectivity index (χ0n) is 33.5. The van der Waals surface area contributed by atoms with Gasteiger partial charge in [-0.1, -0.05) is 139 Å². The minimum Gasteiger partial charge on any atom is -0.457 e. The van der Waals surface area contributed by atoms with Crippen molar-refractivity contribution in [3.05, 3.63) is 60.8 Å². The molecule has 0 aliphatic rings. The molecule has 0 radical (unpaired) electrons. The van der Waals surface area contributed by atoms with Crippen LogP contribution < -0.4 is 0 Å². The summed E-state index contributed by atoms with van der Waals surface area (Å²) in [5.74, 6) is -0.426. The Morgan fingerprint density at radius 2 is 1.08 bits per heavy atom. The van der Waals surface area contributed by atoms with E-state index in [4.69, 9.17) is 23.6 Å². The predicted molar refractivity (Wildman–Crippen MR) is 219 cm³/mol. The van der Waals surface area contributed by atoms with E-state index in [0.29, 0.717) is 13.0 Å². The van der Waals surface area contributed by atoms with Crippen LogP contribution in [0.15, 0.2) is 60.8 Å². The number of aliphatic hydroxyl groups excluding tert-OH is 2. The molecule has 0 aliphatic heterocycles. The van der Waals surface area contributed by atoms with Crippen molar-refractivity contribution in [3.63, 3.8) is 0 Å². The molecule has 0 spiro atoms. The molecule has 308 valence electrons. The molecule has 3 atom stereocenters. The number of phosphoric acid groups is 1. The van der Waals surface area contributed by atoms with Crippen LogP contribution in [0, 0.1) is 0 Å². The van der Waals surface area contributed by atoms with E-state index in [1.54, 1.807) is 0 Å². The summed E-state index contributed by atoms with van der Waals surface area (Å²) in [6.45, 7) is 3.32. The van der Waals surface area contributed by atoms with E-state index in [9.17, 15) is 19.4 Å². The van der Waals surface area contributed by atoms with Crippen molar-refractivity contribution in [2.75, 3.05) is 33.0 Å². The second-order valence-corrected chi connectivity index (χ2v) is 15.1. The van der Waals surface area contributed by atoms with Gasteiger partial charge in [0.15, 0.2) is 0 Å². The Morgan fingerprint density at radius 3 is 1.64 bits per heavy atom. The van der Waals surface area contributed by atoms with Gasteiger partial charge in [0.25, 0.3) is 0 Å². The zero-order chi connectivity index (χ0) is 38.9. The van der Waals surface area contributed by atoms with Gasteiger partial charge in [-0.25, -0.2) is 4.57 Å². The summed E-state index contributed by atoms with van der Waals surface area (Å²) in [7, 11) is -4.53. The van der Waals surface area contributed by atoms with Gasteiger partial charge in [0.2, 0.25) is 0 Å². The predicted octanol–water partition coefficient (Wildman–Crippen LogP) is 11.2. The molecule has 3 N–H and O–H groups in total. The van der Waals surface area contributed by atoms with Crippen LogP contribution in [-0.2, 0) is 27.9 Å². The maximum absolute atomic E-state index is 12.6. The van der Waals surface area contributed by atoms with Crippen molar-refractivity contribution < 1.29 is 43.0 Å². The first-order valence-electron chi connectivity index (χ1n) is 20.8. The maximum atomic E-state index is 12.6. The molecule has 0 amide bonds. The minimum absolute atomic E-state index is 0.0259. The maximum Gasteiger partial charge on any atom is 0.472 e. The van der Waals surface area contributed by atoms with Gasteiger partial charge in [-0.2, -0.15) is 0 Å². The largest absolute Gasteiger partial charge is 0.472 e. The third-order valence-electron chi connectivity index (χ3n) is 8.44. The lowest BCUT2D eigenvalue weighted by Gasteiger charge is -2.20. The molecular weight excluding hydrogens is 691 g/mol. The Kier molecular flexibility index (Phi) is 38.5. The second-order valence-electron chi connectivity index (χ2n) is 13.6. The molecular formula is C43H77O9P. The SMILES string of the molecule is CC/C=C\C/C=C\C/C=C\C/C=C\CCCCC(=O)OC(COCCCCCCCC/C=C\CCCCCCCCC)COP(=O)(O)OCC(O)CO. The molecule has 0 aromatic rings. The standard InChI is InChI=1S/C43H77O9P/c1-3-5-7-9-11-13-15-17-19-20-22-24-26-28-30-32-34-36-49-39-42(40-51-53(47,48)50-38-41(45)37-44)52-43(46)35-33-31-29-27-25-23-21-18-16-14-12-10-8-6-4-2/h6,8,12,14,18-21,25,27,41-42,44-45H,3-5,7,9-11,13,15-17,22-24,26,28-40H2,1-2H3,(H,47,48)/b8-6-,14-12-,20-19-,21-18-,27-25-. The second kappa shape index (κ2) is 39.8. The molecule has 0 heterocycles. The van der Waals surface area contributed by atoms with Gasteiger partial charge < -0.3 is 24.6 Å². The number of hydrogen-bond acceptors (Lipinski definition) is 8. The Balaban J connectivity index is 4.28. The summed E-state index contributed by atoms with van der Waals surface area (Å²) in [5.41, 5.74) is 0. The number of ether oxygens (including phenoxy) is 2. The van der Waals surface area contributed by atoms with Gasteiger partial charge in [0, 0.05) is 13.0 Å². The average molecular weight is 769 g/mol. The molecule has 0 bridgehead atoms. The number of aliphatic hydroxyl groups is 2. The fourth-order valence-corrected chi connectivity index (χ4v) is 6.07. The molecule has 53 heavy (non-hydrogen) atoms. The van der Waals surface area contributed by atoms with E-state index in [2.05, 4.69) is 74.6 Å². The van der Waals surface area contributed by atoms with Crippen molar-refractivity contribution >= 4 is 13.8 Å². The van der Waals surface area contributed by atoms with Crippen LogP contribution in [0.4, 0.5) is 0 Å². The van der Waals surface area contributed by atoms with Crippen molar-refractivity contribution in [3.8, 4) is 0 Å². The number of carbonyl (C=O) groups excluding carboxylic acids is 1. The molecule has 0 rings (SSSR count). The van der Waals surface area contributed by atoms with Gasteiger partial charge in [-0.3, -0.25) is 13.8 Å². The number of esters is 1. The summed E-state index contributed by atoms with van der Waals surface area (Å²) in [6, 6.07) is 0. The fourth-order valence-electron chi connectivity index (χ4n) is 5.28. The summed E-state index contributed by atoms with van der Waals surface area (Å²) in [6.07, 6.45) is 44.7. The van der Waals surface area contributed by atoms with Crippen LogP contribution in [-0.4, -0.2) is 66.3 Å². The molecule has 3 unspecified atom stereocenters. The smallest absolute Gasteiger partial charge is 0.457 e. The van der Waals surface area contributed by atoms with Crippen molar-refractivity contribution in [2.24, 2.45) is 0 Å². The molecule has 0 aromatic carbocycles. The number of unbranched alkanes of at least 4 members (excludes halogenated alkanes) is 15. The van der Waals surface area contributed by atoms with Gasteiger partial charge >= 0.3 is 13.8 Å². The molecule has 10 heteroatoms. The summed E-state index contributed by atoms with van der Waals surface area (Å²) in [4.78, 5) is 22.5. The quantitative estimate of drug-likeness (QED) is 0.0242. The minimum atomic E-state index is -4.53. The van der Waals surface area contributed by atoms with E-state index < -0.39 is 45.8 Å². The highest BCUT2D eigenvalue weighted by molar-refractivity contribution is 7.47. The molecule has 9 nitrogen and oxygen atoms in total. The fraction of sp³-hybridized carbons (Fsp3) is 0.744. The first-order chi connectivity index (χ1) is 25.8. The Hall–Kier alpha value is -1.84. The monoisotopic (exact) mass is 769 g/mol. The zero-order valence-corrected chi connectivity index (χ0v) is 34.4. The molecule has 0 saturated carbocycles. The molecule has 0 aliphatic carbocycles. The van der Waals surface area contributed by atoms with Crippen LogP contribution in [0.1, 0.15) is 162 Å². The lowest BCUT2D eigenvalue weighted by Crippen LogP contribution is -2.29.